The minimum atomic E-state index is -0.525. The zero-order chi connectivity index (χ0) is 25.5. The minimum absolute atomic E-state index is 0.0219. The third-order valence-corrected chi connectivity index (χ3v) is 6.47. The van der Waals surface area contributed by atoms with Gasteiger partial charge in [-0.2, -0.15) is 0 Å². The Morgan fingerprint density at radius 2 is 1.50 bits per heavy atom. The number of nitrogens with zero attached hydrogens (tertiary/aromatic N) is 3. The van der Waals surface area contributed by atoms with Crippen molar-refractivity contribution in [3.8, 4) is 0 Å². The Morgan fingerprint density at radius 3 is 2.14 bits per heavy atom. The summed E-state index contributed by atoms with van der Waals surface area (Å²) < 4.78 is 1.80. The first-order valence-corrected chi connectivity index (χ1v) is 12.7. The molecule has 0 radical (unpaired) electrons. The van der Waals surface area contributed by atoms with Crippen LogP contribution in [0.5, 0.6) is 0 Å². The highest BCUT2D eigenvalue weighted by molar-refractivity contribution is 5.99. The predicted molar refractivity (Wildman–Crippen MR) is 140 cm³/mol. The fourth-order valence-corrected chi connectivity index (χ4v) is 4.69. The van der Waals surface area contributed by atoms with Crippen LogP contribution in [0.3, 0.4) is 0 Å². The van der Waals surface area contributed by atoms with Crippen LogP contribution in [0, 0.1) is 5.92 Å². The molecule has 188 valence electrons. The van der Waals surface area contributed by atoms with Gasteiger partial charge in [-0.15, -0.1) is 0 Å². The number of pyridine rings is 2. The summed E-state index contributed by atoms with van der Waals surface area (Å²) in [5.74, 6) is -0.519. The zero-order valence-corrected chi connectivity index (χ0v) is 21.0. The monoisotopic (exact) mass is 486 g/mol. The van der Waals surface area contributed by atoms with E-state index in [-0.39, 0.29) is 23.0 Å². The number of carbonyl (C=O) groups excluding carboxylic acids is 2. The summed E-state index contributed by atoms with van der Waals surface area (Å²) in [4.78, 5) is 46.4. The molecule has 3 aromatic rings. The van der Waals surface area contributed by atoms with Crippen LogP contribution in [0.4, 0.5) is 0 Å². The maximum atomic E-state index is 13.6. The van der Waals surface area contributed by atoms with Crippen LogP contribution in [0.25, 0.3) is 0 Å². The molecular weight excluding hydrogens is 452 g/mol. The van der Waals surface area contributed by atoms with Gasteiger partial charge < -0.3 is 14.8 Å². The van der Waals surface area contributed by atoms with E-state index < -0.39 is 17.4 Å². The fourth-order valence-electron chi connectivity index (χ4n) is 4.69. The summed E-state index contributed by atoms with van der Waals surface area (Å²) in [5.41, 5.74) is 1.25. The second-order valence-corrected chi connectivity index (χ2v) is 9.81. The van der Waals surface area contributed by atoms with Gasteiger partial charge in [0, 0.05) is 44.4 Å². The molecular formula is C29H34N4O3. The lowest BCUT2D eigenvalue weighted by Gasteiger charge is -2.22. The maximum Gasteiger partial charge on any atom is 0.259 e. The van der Waals surface area contributed by atoms with E-state index in [1.807, 2.05) is 42.5 Å². The van der Waals surface area contributed by atoms with E-state index in [4.69, 9.17) is 0 Å². The van der Waals surface area contributed by atoms with E-state index in [0.29, 0.717) is 19.6 Å². The summed E-state index contributed by atoms with van der Waals surface area (Å²) >= 11 is 0. The van der Waals surface area contributed by atoms with Gasteiger partial charge in [0.25, 0.3) is 11.8 Å². The standard InChI is InChI=1S/C29H34N4O3/c1-21(2)18-32-19-24(27(34)25(20-32)29(36)33-16-8-3-4-9-17-33)28(35)31-26(22-10-6-5-7-11-22)23-12-14-30-15-13-23/h5-7,10-15,19-21,26H,3-4,8-9,16-18H2,1-2H3,(H,31,35). The van der Waals surface area contributed by atoms with Gasteiger partial charge in [0.05, 0.1) is 6.04 Å². The molecule has 1 unspecified atom stereocenters. The van der Waals surface area contributed by atoms with Crippen molar-refractivity contribution < 1.29 is 9.59 Å². The molecule has 2 amide bonds. The number of hydrogen-bond acceptors (Lipinski definition) is 4. The predicted octanol–water partition coefficient (Wildman–Crippen LogP) is 4.43. The van der Waals surface area contributed by atoms with Crippen molar-refractivity contribution in [2.24, 2.45) is 5.92 Å². The van der Waals surface area contributed by atoms with Crippen LogP contribution in [-0.2, 0) is 6.54 Å². The quantitative estimate of drug-likeness (QED) is 0.535. The molecule has 2 aromatic heterocycles. The highest BCUT2D eigenvalue weighted by atomic mass is 16.2. The van der Waals surface area contributed by atoms with Crippen LogP contribution in [0.2, 0.25) is 0 Å². The van der Waals surface area contributed by atoms with Crippen molar-refractivity contribution in [1.82, 2.24) is 19.8 Å². The molecule has 36 heavy (non-hydrogen) atoms. The lowest BCUT2D eigenvalue weighted by molar-refractivity contribution is 0.0759. The molecule has 1 fully saturated rings. The smallest absolute Gasteiger partial charge is 0.259 e. The molecule has 1 aliphatic rings. The van der Waals surface area contributed by atoms with Crippen molar-refractivity contribution in [2.75, 3.05) is 13.1 Å². The van der Waals surface area contributed by atoms with Gasteiger partial charge in [-0.3, -0.25) is 19.4 Å². The Hall–Kier alpha value is -3.74. The SMILES string of the molecule is CC(C)Cn1cc(C(=O)NC(c2ccccc2)c2ccncc2)c(=O)c(C(=O)N2CCCCCC2)c1. The molecule has 0 spiro atoms. The second-order valence-electron chi connectivity index (χ2n) is 9.81. The van der Waals surface area contributed by atoms with Gasteiger partial charge >= 0.3 is 0 Å². The fraction of sp³-hybridized carbons (Fsp3) is 0.379. The maximum absolute atomic E-state index is 13.6. The lowest BCUT2D eigenvalue weighted by atomic mass is 9.99. The van der Waals surface area contributed by atoms with E-state index in [0.717, 1.165) is 36.8 Å². The van der Waals surface area contributed by atoms with E-state index >= 15 is 0 Å². The number of nitrogens with one attached hydrogen (secondary N) is 1. The summed E-state index contributed by atoms with van der Waals surface area (Å²) in [7, 11) is 0. The number of likely N-dealkylation sites (tertiary alicyclic amines) is 1. The third kappa shape index (κ3) is 6.08. The highest BCUT2D eigenvalue weighted by Crippen LogP contribution is 2.22. The van der Waals surface area contributed by atoms with Crippen molar-refractivity contribution in [3.05, 3.63) is 99.7 Å². The Kier molecular flexibility index (Phi) is 8.31. The molecule has 1 aliphatic heterocycles. The van der Waals surface area contributed by atoms with E-state index in [1.54, 1.807) is 34.3 Å². The summed E-state index contributed by atoms with van der Waals surface area (Å²) in [6.45, 7) is 5.98. The summed E-state index contributed by atoms with van der Waals surface area (Å²) in [6, 6.07) is 12.8. The second kappa shape index (κ2) is 11.8. The topological polar surface area (TPSA) is 84.3 Å². The van der Waals surface area contributed by atoms with Gasteiger partial charge in [-0.25, -0.2) is 0 Å². The van der Waals surface area contributed by atoms with Crippen LogP contribution < -0.4 is 10.7 Å². The number of aromatic nitrogens is 2. The average molecular weight is 487 g/mol. The molecule has 0 bridgehead atoms. The third-order valence-electron chi connectivity index (χ3n) is 6.47. The molecule has 7 nitrogen and oxygen atoms in total. The Balaban J connectivity index is 1.71. The van der Waals surface area contributed by atoms with Crippen molar-refractivity contribution in [1.29, 1.82) is 0 Å². The molecule has 1 N–H and O–H groups in total. The molecule has 1 saturated heterocycles. The first-order chi connectivity index (χ1) is 17.4. The molecule has 1 aromatic carbocycles. The number of amides is 2. The molecule has 0 saturated carbocycles. The van der Waals surface area contributed by atoms with Gasteiger partial charge in [-0.1, -0.05) is 57.0 Å². The van der Waals surface area contributed by atoms with E-state index in [1.165, 1.54) is 0 Å². The van der Waals surface area contributed by atoms with E-state index in [9.17, 15) is 14.4 Å². The molecule has 0 aliphatic carbocycles. The first kappa shape index (κ1) is 25.4. The van der Waals surface area contributed by atoms with Crippen molar-refractivity contribution >= 4 is 11.8 Å². The van der Waals surface area contributed by atoms with Gasteiger partial charge in [0.15, 0.2) is 0 Å². The first-order valence-electron chi connectivity index (χ1n) is 12.7. The minimum Gasteiger partial charge on any atom is -0.352 e. The molecule has 4 rings (SSSR count). The normalized spacial score (nSPS) is 14.8. The number of carbonyl (C=O) groups is 2. The number of rotatable bonds is 7. The Labute approximate surface area is 212 Å². The molecule has 1 atom stereocenters. The molecule has 7 heteroatoms. The Bertz CT molecular complexity index is 1190. The number of hydrogen-bond donors (Lipinski definition) is 1. The van der Waals surface area contributed by atoms with Crippen LogP contribution in [0.1, 0.15) is 77.4 Å². The van der Waals surface area contributed by atoms with Crippen LogP contribution in [0.15, 0.2) is 72.0 Å². The van der Waals surface area contributed by atoms with Crippen LogP contribution >= 0.6 is 0 Å². The summed E-state index contributed by atoms with van der Waals surface area (Å²) in [5, 5.41) is 3.04. The van der Waals surface area contributed by atoms with Crippen LogP contribution in [-0.4, -0.2) is 39.4 Å². The largest absolute Gasteiger partial charge is 0.352 e. The lowest BCUT2D eigenvalue weighted by Crippen LogP contribution is -2.39. The number of benzene rings is 1. The summed E-state index contributed by atoms with van der Waals surface area (Å²) in [6.07, 6.45) is 10.6. The Morgan fingerprint density at radius 1 is 0.889 bits per heavy atom. The van der Waals surface area contributed by atoms with E-state index in [2.05, 4.69) is 24.1 Å². The van der Waals surface area contributed by atoms with Crippen molar-refractivity contribution in [2.45, 2.75) is 52.1 Å². The van der Waals surface area contributed by atoms with Gasteiger partial charge in [0.2, 0.25) is 5.43 Å². The van der Waals surface area contributed by atoms with Gasteiger partial charge in [0.1, 0.15) is 11.1 Å². The van der Waals surface area contributed by atoms with Gasteiger partial charge in [-0.05, 0) is 42.0 Å². The molecule has 3 heterocycles. The highest BCUT2D eigenvalue weighted by Gasteiger charge is 2.26. The van der Waals surface area contributed by atoms with Crippen molar-refractivity contribution in [3.63, 3.8) is 0 Å². The zero-order valence-electron chi connectivity index (χ0n) is 21.0. The average Bonchev–Trinajstić information content (AvgIpc) is 3.18.